The molecule has 6 heteroatoms. The molecule has 1 aliphatic heterocycles. The Morgan fingerprint density at radius 2 is 1.59 bits per heavy atom. The summed E-state index contributed by atoms with van der Waals surface area (Å²) in [5, 5.41) is 18.9. The summed E-state index contributed by atoms with van der Waals surface area (Å²) in [5.41, 5.74) is 2.82. The summed E-state index contributed by atoms with van der Waals surface area (Å²) in [6, 6.07) is 9.31. The molecule has 1 aromatic heterocycles. The molecule has 2 fully saturated rings. The van der Waals surface area contributed by atoms with Crippen LogP contribution in [-0.2, 0) is 6.54 Å². The van der Waals surface area contributed by atoms with Gasteiger partial charge >= 0.3 is 0 Å². The van der Waals surface area contributed by atoms with E-state index in [-0.39, 0.29) is 6.61 Å². The van der Waals surface area contributed by atoms with Gasteiger partial charge in [-0.15, -0.1) is 4.99 Å². The summed E-state index contributed by atoms with van der Waals surface area (Å²) in [6.45, 7) is 2.73. The Morgan fingerprint density at radius 3 is 2.24 bits per heavy atom. The summed E-state index contributed by atoms with van der Waals surface area (Å²) in [6.07, 6.45) is 13.8. The van der Waals surface area contributed by atoms with Gasteiger partial charge in [-0.05, 0) is 37.8 Å². The van der Waals surface area contributed by atoms with Crippen LogP contribution in [0.1, 0.15) is 63.8 Å². The molecule has 2 aliphatic rings. The fourth-order valence-corrected chi connectivity index (χ4v) is 5.39. The molecule has 0 spiro atoms. The normalized spacial score (nSPS) is 21.2. The Kier molecular flexibility index (Phi) is 6.68. The predicted octanol–water partition coefficient (Wildman–Crippen LogP) is 3.57. The largest absolute Gasteiger partial charge is 0.395 e. The number of rotatable bonds is 4. The second-order valence-corrected chi connectivity index (χ2v) is 8.51. The maximum atomic E-state index is 9.55. The molecule has 156 valence electrons. The molecule has 0 radical (unpaired) electrons. The molecule has 1 N–H and O–H groups in total. The van der Waals surface area contributed by atoms with E-state index in [2.05, 4.69) is 26.6 Å². The molecule has 0 atom stereocenters. The van der Waals surface area contributed by atoms with Crippen LogP contribution in [-0.4, -0.2) is 44.9 Å². The number of likely N-dealkylation sites (tertiary alicyclic amines) is 1. The van der Waals surface area contributed by atoms with Crippen molar-refractivity contribution in [2.75, 3.05) is 19.7 Å². The first-order valence-electron chi connectivity index (χ1n) is 11.3. The quantitative estimate of drug-likeness (QED) is 0.805. The van der Waals surface area contributed by atoms with Crippen LogP contribution >= 0.6 is 0 Å². The number of imidazole rings is 1. The highest BCUT2D eigenvalue weighted by atomic mass is 16.3. The number of para-hydroxylation sites is 2. The first-order chi connectivity index (χ1) is 14.3. The molecule has 1 aliphatic carbocycles. The smallest absolute Gasteiger partial charge is 0.222 e. The standard InChI is InChI=1S/C23H33N5O/c24-18-25-23-27(16-17-29)21-10-6-7-11-22(21)28(23)20-12-14-26(15-13-20)19-8-4-2-1-3-5-9-19/h6-7,10-11,19-20,29H,1-5,8-9,12-17H2. The lowest BCUT2D eigenvalue weighted by atomic mass is 9.93. The minimum atomic E-state index is 0.0345. The van der Waals surface area contributed by atoms with Crippen molar-refractivity contribution >= 4 is 11.0 Å². The molecule has 0 amide bonds. The van der Waals surface area contributed by atoms with Crippen molar-refractivity contribution in [3.05, 3.63) is 29.9 Å². The van der Waals surface area contributed by atoms with Crippen LogP contribution in [0.3, 0.4) is 0 Å². The summed E-state index contributed by atoms with van der Waals surface area (Å²) in [7, 11) is 0. The van der Waals surface area contributed by atoms with Crippen LogP contribution in [0.5, 0.6) is 0 Å². The van der Waals surface area contributed by atoms with Gasteiger partial charge < -0.3 is 19.1 Å². The van der Waals surface area contributed by atoms with E-state index in [0.29, 0.717) is 18.2 Å². The summed E-state index contributed by atoms with van der Waals surface area (Å²) < 4.78 is 4.24. The fourth-order valence-electron chi connectivity index (χ4n) is 5.39. The molecular formula is C23H33N5O. The van der Waals surface area contributed by atoms with E-state index in [1.807, 2.05) is 22.9 Å². The van der Waals surface area contributed by atoms with Crippen molar-refractivity contribution in [1.82, 2.24) is 14.0 Å². The zero-order chi connectivity index (χ0) is 20.1. The van der Waals surface area contributed by atoms with Crippen molar-refractivity contribution in [3.8, 4) is 6.19 Å². The Labute approximate surface area is 173 Å². The first kappa shape index (κ1) is 20.2. The monoisotopic (exact) mass is 395 g/mol. The molecular weight excluding hydrogens is 362 g/mol. The zero-order valence-corrected chi connectivity index (χ0v) is 17.3. The van der Waals surface area contributed by atoms with E-state index < -0.39 is 0 Å². The molecule has 0 unspecified atom stereocenters. The number of hydrogen-bond acceptors (Lipinski definition) is 4. The van der Waals surface area contributed by atoms with Crippen molar-refractivity contribution < 1.29 is 5.11 Å². The van der Waals surface area contributed by atoms with Crippen LogP contribution in [0.4, 0.5) is 0 Å². The van der Waals surface area contributed by atoms with Gasteiger partial charge in [-0.25, -0.2) is 0 Å². The molecule has 29 heavy (non-hydrogen) atoms. The maximum Gasteiger partial charge on any atom is 0.222 e. The van der Waals surface area contributed by atoms with Gasteiger partial charge in [0.2, 0.25) is 11.8 Å². The Morgan fingerprint density at radius 1 is 0.931 bits per heavy atom. The molecule has 1 saturated carbocycles. The molecule has 4 rings (SSSR count). The minimum Gasteiger partial charge on any atom is -0.395 e. The van der Waals surface area contributed by atoms with Crippen LogP contribution in [0.15, 0.2) is 29.3 Å². The number of hydrogen-bond donors (Lipinski definition) is 1. The molecule has 2 aromatic rings. The predicted molar refractivity (Wildman–Crippen MR) is 114 cm³/mol. The van der Waals surface area contributed by atoms with Gasteiger partial charge in [0.25, 0.3) is 0 Å². The highest BCUT2D eigenvalue weighted by molar-refractivity contribution is 5.76. The van der Waals surface area contributed by atoms with Gasteiger partial charge in [0.1, 0.15) is 0 Å². The van der Waals surface area contributed by atoms with Crippen molar-refractivity contribution in [2.45, 2.75) is 76.4 Å². The van der Waals surface area contributed by atoms with E-state index in [1.165, 1.54) is 44.9 Å². The Balaban J connectivity index is 1.59. The topological polar surface area (TPSA) is 69.5 Å². The molecule has 1 aromatic carbocycles. The van der Waals surface area contributed by atoms with Gasteiger partial charge in [-0.3, -0.25) is 0 Å². The van der Waals surface area contributed by atoms with E-state index in [9.17, 15) is 10.4 Å². The SMILES string of the molecule is N#CN=c1n(CCO)c2ccccc2n1C1CCN(C2CCCCCCC2)CC1. The van der Waals surface area contributed by atoms with Crippen LogP contribution in [0, 0.1) is 11.5 Å². The Hall–Kier alpha value is -2.10. The second kappa shape index (κ2) is 9.60. The lowest BCUT2D eigenvalue weighted by Gasteiger charge is -2.39. The third kappa shape index (κ3) is 4.26. The number of nitriles is 1. The van der Waals surface area contributed by atoms with Gasteiger partial charge in [-0.1, -0.05) is 44.2 Å². The second-order valence-electron chi connectivity index (χ2n) is 8.51. The first-order valence-corrected chi connectivity index (χ1v) is 11.3. The van der Waals surface area contributed by atoms with E-state index >= 15 is 0 Å². The van der Waals surface area contributed by atoms with E-state index in [1.54, 1.807) is 0 Å². The summed E-state index contributed by atoms with van der Waals surface area (Å²) in [4.78, 5) is 6.89. The summed E-state index contributed by atoms with van der Waals surface area (Å²) >= 11 is 0. The van der Waals surface area contributed by atoms with Gasteiger partial charge in [0.05, 0.1) is 17.6 Å². The molecule has 0 bridgehead atoms. The van der Waals surface area contributed by atoms with Crippen molar-refractivity contribution in [1.29, 1.82) is 5.26 Å². The van der Waals surface area contributed by atoms with Crippen LogP contribution < -0.4 is 5.62 Å². The fraction of sp³-hybridized carbons (Fsp3) is 0.652. The average molecular weight is 396 g/mol. The minimum absolute atomic E-state index is 0.0345. The number of benzene rings is 1. The number of aliphatic hydroxyl groups is 1. The van der Waals surface area contributed by atoms with E-state index in [0.717, 1.165) is 43.0 Å². The third-order valence-corrected chi connectivity index (χ3v) is 6.82. The number of fused-ring (bicyclic) bond motifs is 1. The van der Waals surface area contributed by atoms with Gasteiger partial charge in [0.15, 0.2) is 0 Å². The van der Waals surface area contributed by atoms with Gasteiger partial charge in [0, 0.05) is 31.7 Å². The van der Waals surface area contributed by atoms with Crippen molar-refractivity contribution in [2.24, 2.45) is 4.99 Å². The number of piperidine rings is 1. The highest BCUT2D eigenvalue weighted by Crippen LogP contribution is 2.29. The van der Waals surface area contributed by atoms with Crippen molar-refractivity contribution in [3.63, 3.8) is 0 Å². The molecule has 2 heterocycles. The zero-order valence-electron chi connectivity index (χ0n) is 17.3. The van der Waals surface area contributed by atoms with Crippen LogP contribution in [0.2, 0.25) is 0 Å². The third-order valence-electron chi connectivity index (χ3n) is 6.82. The molecule has 1 saturated heterocycles. The highest BCUT2D eigenvalue weighted by Gasteiger charge is 2.28. The number of aromatic nitrogens is 2. The van der Waals surface area contributed by atoms with E-state index in [4.69, 9.17) is 0 Å². The Bertz CT molecular complexity index is 905. The van der Waals surface area contributed by atoms with Crippen LogP contribution in [0.25, 0.3) is 11.0 Å². The maximum absolute atomic E-state index is 9.55. The number of aliphatic hydroxyl groups excluding tert-OH is 1. The lowest BCUT2D eigenvalue weighted by molar-refractivity contribution is 0.115. The lowest BCUT2D eigenvalue weighted by Crippen LogP contribution is -2.43. The number of nitrogens with zero attached hydrogens (tertiary/aromatic N) is 5. The summed E-state index contributed by atoms with van der Waals surface area (Å²) in [5.74, 6) is 0. The average Bonchev–Trinajstić information content (AvgIpc) is 3.02. The van der Waals surface area contributed by atoms with Gasteiger partial charge in [-0.2, -0.15) is 5.26 Å². The molecule has 6 nitrogen and oxygen atoms in total.